The van der Waals surface area contributed by atoms with E-state index in [-0.39, 0.29) is 18.0 Å². The number of rotatable bonds is 0. The molecule has 1 unspecified atom stereocenters. The Hall–Kier alpha value is -0.790. The normalized spacial score (nSPS) is 36.2. The van der Waals surface area contributed by atoms with Gasteiger partial charge in [0.15, 0.2) is 0 Å². The summed E-state index contributed by atoms with van der Waals surface area (Å²) in [4.78, 5) is 11.2. The highest BCUT2D eigenvalue weighted by atomic mass is 16.5. The molecule has 60 valence electrons. The first kappa shape index (κ1) is 6.89. The molecule has 3 rings (SSSR count). The van der Waals surface area contributed by atoms with E-state index in [1.807, 2.05) is 6.08 Å². The number of hydrogen-bond donors (Lipinski definition) is 0. The Balaban J connectivity index is 2.18. The lowest BCUT2D eigenvalue weighted by Crippen LogP contribution is -2.31. The van der Waals surface area contributed by atoms with Crippen LogP contribution >= 0.6 is 0 Å². The predicted octanol–water partition coefficient (Wildman–Crippen LogP) is 1.66. The molecule has 2 nitrogen and oxygen atoms in total. The van der Waals surface area contributed by atoms with Gasteiger partial charge in [-0.2, -0.15) is 0 Å². The first-order chi connectivity index (χ1) is 5.36. The van der Waals surface area contributed by atoms with Gasteiger partial charge in [-0.15, -0.1) is 0 Å². The topological polar surface area (TPSA) is 26.3 Å². The zero-order valence-electron chi connectivity index (χ0n) is 6.45. The summed E-state index contributed by atoms with van der Waals surface area (Å²) in [5.41, 5.74) is 0. The quantitative estimate of drug-likeness (QED) is 0.390. The van der Waals surface area contributed by atoms with Crippen LogP contribution in [0.25, 0.3) is 0 Å². The molecule has 0 radical (unpaired) electrons. The Morgan fingerprint density at radius 3 is 3.09 bits per heavy atom. The van der Waals surface area contributed by atoms with E-state index < -0.39 is 0 Å². The second-order valence-corrected chi connectivity index (χ2v) is 3.26. The van der Waals surface area contributed by atoms with Crippen molar-refractivity contribution in [1.29, 1.82) is 0 Å². The van der Waals surface area contributed by atoms with Crippen LogP contribution in [0.2, 0.25) is 0 Å². The van der Waals surface area contributed by atoms with Crippen molar-refractivity contribution in [2.45, 2.75) is 31.8 Å². The zero-order valence-corrected chi connectivity index (χ0v) is 6.45. The van der Waals surface area contributed by atoms with Gasteiger partial charge in [0.2, 0.25) is 0 Å². The zero-order chi connectivity index (χ0) is 7.68. The molecule has 3 aliphatic rings. The number of fused-ring (bicyclic) bond motifs is 4. The van der Waals surface area contributed by atoms with E-state index in [2.05, 4.69) is 6.08 Å². The summed E-state index contributed by atoms with van der Waals surface area (Å²) in [6, 6.07) is 0. The van der Waals surface area contributed by atoms with Crippen molar-refractivity contribution in [1.82, 2.24) is 0 Å². The van der Waals surface area contributed by atoms with E-state index in [1.54, 1.807) is 0 Å². The Morgan fingerprint density at radius 1 is 1.36 bits per heavy atom. The van der Waals surface area contributed by atoms with Crippen molar-refractivity contribution in [3.63, 3.8) is 0 Å². The van der Waals surface area contributed by atoms with E-state index in [9.17, 15) is 4.79 Å². The minimum absolute atomic E-state index is 0.0191. The number of esters is 1. The van der Waals surface area contributed by atoms with Gasteiger partial charge >= 0.3 is 5.97 Å². The molecular weight excluding hydrogens is 140 g/mol. The van der Waals surface area contributed by atoms with Crippen molar-refractivity contribution in [2.75, 3.05) is 0 Å². The number of ether oxygens (including phenoxy) is 1. The monoisotopic (exact) mass is 152 g/mol. The Kier molecular flexibility index (Phi) is 1.68. The average Bonchev–Trinajstić information content (AvgIpc) is 1.92. The average molecular weight is 152 g/mol. The van der Waals surface area contributed by atoms with Crippen LogP contribution in [0, 0.1) is 5.92 Å². The van der Waals surface area contributed by atoms with Crippen molar-refractivity contribution in [3.05, 3.63) is 12.2 Å². The van der Waals surface area contributed by atoms with Crippen LogP contribution in [0.4, 0.5) is 0 Å². The van der Waals surface area contributed by atoms with Gasteiger partial charge in [-0.3, -0.25) is 4.79 Å². The molecule has 2 heteroatoms. The van der Waals surface area contributed by atoms with Crippen molar-refractivity contribution >= 4 is 5.97 Å². The Morgan fingerprint density at radius 2 is 2.27 bits per heavy atom. The van der Waals surface area contributed by atoms with Gasteiger partial charge < -0.3 is 4.74 Å². The Bertz CT molecular complexity index is 196. The highest BCUT2D eigenvalue weighted by Crippen LogP contribution is 2.27. The van der Waals surface area contributed by atoms with E-state index >= 15 is 0 Å². The third-order valence-corrected chi connectivity index (χ3v) is 2.43. The summed E-state index contributed by atoms with van der Waals surface area (Å²) in [5, 5.41) is 0. The van der Waals surface area contributed by atoms with Crippen LogP contribution in [0.3, 0.4) is 0 Å². The molecule has 1 fully saturated rings. The lowest BCUT2D eigenvalue weighted by Gasteiger charge is -2.27. The number of allylic oxidation sites excluding steroid dienone is 1. The second-order valence-electron chi connectivity index (χ2n) is 3.26. The van der Waals surface area contributed by atoms with Gasteiger partial charge in [0.1, 0.15) is 6.10 Å². The maximum atomic E-state index is 11.2. The standard InChI is InChI=1S/C9H12O2/c10-9-7-3-1-2-4-8(11-9)6-5-7/h2,4,7-8H,1,3,5-6H2/t7?,8-/m0/s1. The molecule has 0 amide bonds. The molecule has 0 aromatic rings. The molecule has 11 heavy (non-hydrogen) atoms. The number of carbonyl (C=O) groups excluding carboxylic acids is 1. The van der Waals surface area contributed by atoms with Crippen LogP contribution < -0.4 is 0 Å². The largest absolute Gasteiger partial charge is 0.458 e. The molecule has 2 heterocycles. The van der Waals surface area contributed by atoms with E-state index in [0.717, 1.165) is 25.7 Å². The molecular formula is C9H12O2. The van der Waals surface area contributed by atoms with Crippen LogP contribution in [0.5, 0.6) is 0 Å². The molecule has 2 bridgehead atoms. The van der Waals surface area contributed by atoms with E-state index in [1.165, 1.54) is 0 Å². The first-order valence-electron chi connectivity index (χ1n) is 4.23. The molecule has 0 saturated carbocycles. The molecule has 0 aromatic carbocycles. The first-order valence-corrected chi connectivity index (χ1v) is 4.23. The van der Waals surface area contributed by atoms with Crippen LogP contribution in [0.15, 0.2) is 12.2 Å². The molecule has 0 aromatic heterocycles. The van der Waals surface area contributed by atoms with Gasteiger partial charge in [0.05, 0.1) is 5.92 Å². The van der Waals surface area contributed by atoms with Crippen molar-refractivity contribution < 1.29 is 9.53 Å². The fourth-order valence-corrected chi connectivity index (χ4v) is 1.73. The second kappa shape index (κ2) is 2.68. The maximum Gasteiger partial charge on any atom is 0.309 e. The number of carbonyl (C=O) groups is 1. The van der Waals surface area contributed by atoms with Gasteiger partial charge in [-0.25, -0.2) is 0 Å². The van der Waals surface area contributed by atoms with Gasteiger partial charge in [0.25, 0.3) is 0 Å². The summed E-state index contributed by atoms with van der Waals surface area (Å²) < 4.78 is 5.16. The minimum atomic E-state index is 0.0191. The van der Waals surface area contributed by atoms with Crippen LogP contribution in [-0.4, -0.2) is 12.1 Å². The third-order valence-electron chi connectivity index (χ3n) is 2.43. The molecule has 0 N–H and O–H groups in total. The summed E-state index contributed by atoms with van der Waals surface area (Å²) in [6.45, 7) is 0. The van der Waals surface area contributed by atoms with Crippen LogP contribution in [0.1, 0.15) is 25.7 Å². The lowest BCUT2D eigenvalue weighted by atomic mass is 9.91. The molecule has 1 aliphatic carbocycles. The van der Waals surface area contributed by atoms with Crippen molar-refractivity contribution in [3.8, 4) is 0 Å². The lowest BCUT2D eigenvalue weighted by molar-refractivity contribution is -0.157. The summed E-state index contributed by atoms with van der Waals surface area (Å²) >= 11 is 0. The summed E-state index contributed by atoms with van der Waals surface area (Å²) in [7, 11) is 0. The van der Waals surface area contributed by atoms with E-state index in [0.29, 0.717) is 0 Å². The fourth-order valence-electron chi connectivity index (χ4n) is 1.73. The smallest absolute Gasteiger partial charge is 0.309 e. The summed E-state index contributed by atoms with van der Waals surface area (Å²) in [5.74, 6) is 0.210. The fraction of sp³-hybridized carbons (Fsp3) is 0.667. The molecule has 2 aliphatic heterocycles. The highest BCUT2D eigenvalue weighted by molar-refractivity contribution is 5.73. The third kappa shape index (κ3) is 1.30. The number of hydrogen-bond acceptors (Lipinski definition) is 2. The van der Waals surface area contributed by atoms with E-state index in [4.69, 9.17) is 4.74 Å². The SMILES string of the molecule is O=C1O[C@H]2C=CCCC1CC2. The predicted molar refractivity (Wildman–Crippen MR) is 41.0 cm³/mol. The molecule has 2 atom stereocenters. The Labute approximate surface area is 66.2 Å². The van der Waals surface area contributed by atoms with Gasteiger partial charge in [0, 0.05) is 0 Å². The van der Waals surface area contributed by atoms with Crippen molar-refractivity contribution in [2.24, 2.45) is 5.92 Å². The minimum Gasteiger partial charge on any atom is -0.458 e. The summed E-state index contributed by atoms with van der Waals surface area (Å²) in [6.07, 6.45) is 8.29. The van der Waals surface area contributed by atoms with Gasteiger partial charge in [-0.1, -0.05) is 6.08 Å². The molecule has 1 saturated heterocycles. The maximum absolute atomic E-state index is 11.2. The molecule has 0 spiro atoms. The van der Waals surface area contributed by atoms with Crippen LogP contribution in [-0.2, 0) is 9.53 Å². The van der Waals surface area contributed by atoms with Gasteiger partial charge in [-0.05, 0) is 31.8 Å². The highest BCUT2D eigenvalue weighted by Gasteiger charge is 2.29.